The van der Waals surface area contributed by atoms with Crippen molar-refractivity contribution < 1.29 is 9.47 Å². The first-order valence-corrected chi connectivity index (χ1v) is 6.05. The predicted octanol–water partition coefficient (Wildman–Crippen LogP) is 3.61. The van der Waals surface area contributed by atoms with Gasteiger partial charge in [-0.1, -0.05) is 13.0 Å². The van der Waals surface area contributed by atoms with Gasteiger partial charge in [0.25, 0.3) is 0 Å². The molecule has 0 radical (unpaired) electrons. The normalized spacial score (nSPS) is 11.6. The van der Waals surface area contributed by atoms with Gasteiger partial charge >= 0.3 is 0 Å². The molecule has 0 amide bonds. The molecule has 2 heteroatoms. The smallest absolute Gasteiger partial charge is 0.161 e. The Labute approximate surface area is 104 Å². The number of hydrogen-bond acceptors (Lipinski definition) is 2. The van der Waals surface area contributed by atoms with Crippen LogP contribution in [-0.2, 0) is 0 Å². The summed E-state index contributed by atoms with van der Waals surface area (Å²) in [5.41, 5.74) is 1.19. The molecular weight excluding hydrogens is 212 g/mol. The van der Waals surface area contributed by atoms with E-state index in [0.717, 1.165) is 17.9 Å². The highest BCUT2D eigenvalue weighted by Crippen LogP contribution is 2.32. The van der Waals surface area contributed by atoms with Crippen LogP contribution in [0.1, 0.15) is 38.7 Å². The maximum absolute atomic E-state index is 5.58. The standard InChI is InChI=1S/C15H20O2/c1-5-8-12(4)13-9-10-14(16-6-2)15(11-13)17-7-3/h1,9-12H,6-8H2,2-4H3. The number of ether oxygens (including phenoxy) is 2. The monoisotopic (exact) mass is 232 g/mol. The molecule has 0 heterocycles. The molecular formula is C15H20O2. The van der Waals surface area contributed by atoms with Gasteiger partial charge in [0.05, 0.1) is 13.2 Å². The largest absolute Gasteiger partial charge is 0.490 e. The lowest BCUT2D eigenvalue weighted by atomic mass is 9.98. The first kappa shape index (κ1) is 13.4. The minimum Gasteiger partial charge on any atom is -0.490 e. The van der Waals surface area contributed by atoms with Gasteiger partial charge in [-0.25, -0.2) is 0 Å². The van der Waals surface area contributed by atoms with Crippen LogP contribution in [0, 0.1) is 12.3 Å². The van der Waals surface area contributed by atoms with Crippen LogP contribution < -0.4 is 9.47 Å². The second-order valence-electron chi connectivity index (χ2n) is 3.88. The summed E-state index contributed by atoms with van der Waals surface area (Å²) in [6.07, 6.45) is 6.07. The first-order valence-electron chi connectivity index (χ1n) is 6.05. The summed E-state index contributed by atoms with van der Waals surface area (Å²) in [6.45, 7) is 7.31. The summed E-state index contributed by atoms with van der Waals surface area (Å²) in [5, 5.41) is 0. The maximum Gasteiger partial charge on any atom is 0.161 e. The van der Waals surface area contributed by atoms with Crippen molar-refractivity contribution in [2.24, 2.45) is 0 Å². The van der Waals surface area contributed by atoms with E-state index in [0.29, 0.717) is 19.1 Å². The Hall–Kier alpha value is -1.62. The number of hydrogen-bond donors (Lipinski definition) is 0. The van der Waals surface area contributed by atoms with Crippen LogP contribution in [0.2, 0.25) is 0 Å². The molecule has 0 aliphatic carbocycles. The molecule has 2 nitrogen and oxygen atoms in total. The van der Waals surface area contributed by atoms with E-state index in [-0.39, 0.29) is 0 Å². The Morgan fingerprint density at radius 2 is 1.82 bits per heavy atom. The molecule has 1 aromatic rings. The summed E-state index contributed by atoms with van der Waals surface area (Å²) in [5.74, 6) is 4.63. The average molecular weight is 232 g/mol. The van der Waals surface area contributed by atoms with Gasteiger partial charge in [0.15, 0.2) is 11.5 Å². The second kappa shape index (κ2) is 6.85. The topological polar surface area (TPSA) is 18.5 Å². The van der Waals surface area contributed by atoms with Crippen molar-refractivity contribution in [1.29, 1.82) is 0 Å². The van der Waals surface area contributed by atoms with E-state index in [1.54, 1.807) is 0 Å². The molecule has 17 heavy (non-hydrogen) atoms. The summed E-state index contributed by atoms with van der Waals surface area (Å²) in [6, 6.07) is 6.03. The highest BCUT2D eigenvalue weighted by molar-refractivity contribution is 5.44. The molecule has 0 N–H and O–H groups in total. The molecule has 0 saturated heterocycles. The van der Waals surface area contributed by atoms with E-state index in [2.05, 4.69) is 18.9 Å². The van der Waals surface area contributed by atoms with Gasteiger partial charge in [0, 0.05) is 6.42 Å². The van der Waals surface area contributed by atoms with Gasteiger partial charge in [-0.2, -0.15) is 0 Å². The van der Waals surface area contributed by atoms with Crippen LogP contribution in [0.25, 0.3) is 0 Å². The summed E-state index contributed by atoms with van der Waals surface area (Å²) in [4.78, 5) is 0. The minimum absolute atomic E-state index is 0.342. The SMILES string of the molecule is C#CCC(C)c1ccc(OCC)c(OCC)c1. The van der Waals surface area contributed by atoms with Crippen molar-refractivity contribution >= 4 is 0 Å². The quantitative estimate of drug-likeness (QED) is 0.697. The van der Waals surface area contributed by atoms with Gasteiger partial charge < -0.3 is 9.47 Å². The lowest BCUT2D eigenvalue weighted by Gasteiger charge is -2.14. The van der Waals surface area contributed by atoms with E-state index in [1.807, 2.05) is 26.0 Å². The van der Waals surface area contributed by atoms with Crippen molar-refractivity contribution in [3.05, 3.63) is 23.8 Å². The third-order valence-corrected chi connectivity index (χ3v) is 2.56. The van der Waals surface area contributed by atoms with Crippen molar-refractivity contribution in [3.8, 4) is 23.8 Å². The van der Waals surface area contributed by atoms with Crippen LogP contribution in [0.3, 0.4) is 0 Å². The first-order chi connectivity index (χ1) is 8.22. The fraction of sp³-hybridized carbons (Fsp3) is 0.467. The number of rotatable bonds is 6. The molecule has 0 fully saturated rings. The molecule has 92 valence electrons. The van der Waals surface area contributed by atoms with Gasteiger partial charge in [-0.05, 0) is 37.5 Å². The van der Waals surface area contributed by atoms with Crippen LogP contribution in [0.15, 0.2) is 18.2 Å². The van der Waals surface area contributed by atoms with E-state index >= 15 is 0 Å². The summed E-state index contributed by atoms with van der Waals surface area (Å²) >= 11 is 0. The predicted molar refractivity (Wildman–Crippen MR) is 70.6 cm³/mol. The molecule has 1 unspecified atom stereocenters. The maximum atomic E-state index is 5.58. The van der Waals surface area contributed by atoms with E-state index in [1.165, 1.54) is 5.56 Å². The van der Waals surface area contributed by atoms with Crippen molar-refractivity contribution in [2.45, 2.75) is 33.1 Å². The molecule has 1 atom stereocenters. The lowest BCUT2D eigenvalue weighted by molar-refractivity contribution is 0.287. The third-order valence-electron chi connectivity index (χ3n) is 2.56. The fourth-order valence-corrected chi connectivity index (χ4v) is 1.67. The zero-order valence-corrected chi connectivity index (χ0v) is 10.8. The van der Waals surface area contributed by atoms with Crippen LogP contribution in [0.4, 0.5) is 0 Å². The van der Waals surface area contributed by atoms with E-state index < -0.39 is 0 Å². The van der Waals surface area contributed by atoms with Crippen LogP contribution >= 0.6 is 0 Å². The molecule has 0 aliphatic heterocycles. The zero-order valence-electron chi connectivity index (χ0n) is 10.8. The summed E-state index contributed by atoms with van der Waals surface area (Å²) < 4.78 is 11.1. The number of benzene rings is 1. The Morgan fingerprint density at radius 1 is 1.18 bits per heavy atom. The van der Waals surface area contributed by atoms with Gasteiger partial charge in [-0.3, -0.25) is 0 Å². The van der Waals surface area contributed by atoms with Crippen molar-refractivity contribution in [3.63, 3.8) is 0 Å². The Balaban J connectivity index is 2.96. The third kappa shape index (κ3) is 3.71. The van der Waals surface area contributed by atoms with E-state index in [4.69, 9.17) is 15.9 Å². The van der Waals surface area contributed by atoms with Gasteiger partial charge in [-0.15, -0.1) is 12.3 Å². The van der Waals surface area contributed by atoms with E-state index in [9.17, 15) is 0 Å². The molecule has 0 aromatic heterocycles. The highest BCUT2D eigenvalue weighted by atomic mass is 16.5. The average Bonchev–Trinajstić information content (AvgIpc) is 2.32. The fourth-order valence-electron chi connectivity index (χ4n) is 1.67. The highest BCUT2D eigenvalue weighted by Gasteiger charge is 2.10. The van der Waals surface area contributed by atoms with Gasteiger partial charge in [0.1, 0.15) is 0 Å². The van der Waals surface area contributed by atoms with Crippen molar-refractivity contribution in [2.75, 3.05) is 13.2 Å². The molecule has 0 aliphatic rings. The van der Waals surface area contributed by atoms with Crippen LogP contribution in [-0.4, -0.2) is 13.2 Å². The molecule has 0 saturated carbocycles. The van der Waals surface area contributed by atoms with Gasteiger partial charge in [0.2, 0.25) is 0 Å². The minimum atomic E-state index is 0.342. The second-order valence-corrected chi connectivity index (χ2v) is 3.88. The summed E-state index contributed by atoms with van der Waals surface area (Å²) in [7, 11) is 0. The number of terminal acetylenes is 1. The van der Waals surface area contributed by atoms with Crippen LogP contribution in [0.5, 0.6) is 11.5 Å². The molecule has 0 spiro atoms. The molecule has 0 bridgehead atoms. The van der Waals surface area contributed by atoms with Crippen molar-refractivity contribution in [1.82, 2.24) is 0 Å². The molecule has 1 rings (SSSR count). The molecule has 1 aromatic carbocycles. The lowest BCUT2D eigenvalue weighted by Crippen LogP contribution is -2.00. The Bertz CT molecular complexity index is 390. The Kier molecular flexibility index (Phi) is 5.42. The Morgan fingerprint density at radius 3 is 2.41 bits per heavy atom. The zero-order chi connectivity index (χ0) is 12.7.